The van der Waals surface area contributed by atoms with Crippen LogP contribution in [-0.2, 0) is 0 Å². The summed E-state index contributed by atoms with van der Waals surface area (Å²) in [4.78, 5) is 27.6. The monoisotopic (exact) mass is 454 g/mol. The summed E-state index contributed by atoms with van der Waals surface area (Å²) < 4.78 is 0. The van der Waals surface area contributed by atoms with E-state index < -0.39 is 0 Å². The van der Waals surface area contributed by atoms with Crippen molar-refractivity contribution in [2.75, 3.05) is 36.4 Å². The second kappa shape index (κ2) is 9.30. The van der Waals surface area contributed by atoms with Gasteiger partial charge in [0.1, 0.15) is 17.5 Å². The third-order valence-electron chi connectivity index (χ3n) is 5.74. The normalized spacial score (nSPS) is 13.7. The Balaban J connectivity index is 1.24. The highest BCUT2D eigenvalue weighted by molar-refractivity contribution is 5.92. The minimum Gasteiger partial charge on any atom is -0.353 e. The van der Waals surface area contributed by atoms with Gasteiger partial charge in [-0.15, -0.1) is 5.10 Å². The molecule has 34 heavy (non-hydrogen) atoms. The van der Waals surface area contributed by atoms with Gasteiger partial charge in [0.15, 0.2) is 5.69 Å². The zero-order valence-corrected chi connectivity index (χ0v) is 19.2. The number of hydrogen-bond donors (Lipinski definition) is 1. The third kappa shape index (κ3) is 4.73. The Hall–Kier alpha value is -4.27. The van der Waals surface area contributed by atoms with Crippen LogP contribution in [0.3, 0.4) is 0 Å². The highest BCUT2D eigenvalue weighted by Crippen LogP contribution is 2.21. The number of nitrogens with zero attached hydrogens (tertiary/aromatic N) is 7. The van der Waals surface area contributed by atoms with E-state index in [0.717, 1.165) is 23.0 Å². The number of carbonyl (C=O) groups excluding carboxylic acids is 1. The van der Waals surface area contributed by atoms with Gasteiger partial charge in [-0.05, 0) is 38.1 Å². The summed E-state index contributed by atoms with van der Waals surface area (Å²) in [6.45, 7) is 6.48. The van der Waals surface area contributed by atoms with Crippen molar-refractivity contribution < 1.29 is 4.79 Å². The first-order chi connectivity index (χ1) is 16.5. The number of anilines is 3. The first-order valence-electron chi connectivity index (χ1n) is 11.3. The van der Waals surface area contributed by atoms with Gasteiger partial charge in [-0.3, -0.25) is 4.79 Å². The van der Waals surface area contributed by atoms with Crippen molar-refractivity contribution in [3.05, 3.63) is 83.9 Å². The van der Waals surface area contributed by atoms with E-state index in [0.29, 0.717) is 37.7 Å². The first kappa shape index (κ1) is 21.6. The van der Waals surface area contributed by atoms with Crippen LogP contribution in [0.1, 0.15) is 21.9 Å². The van der Waals surface area contributed by atoms with Crippen molar-refractivity contribution in [3.8, 4) is 5.69 Å². The van der Waals surface area contributed by atoms with Gasteiger partial charge >= 0.3 is 0 Å². The summed E-state index contributed by atoms with van der Waals surface area (Å²) in [5, 5.41) is 12.0. The maximum Gasteiger partial charge on any atom is 0.276 e. The second-order valence-electron chi connectivity index (χ2n) is 8.28. The van der Waals surface area contributed by atoms with Gasteiger partial charge in [0, 0.05) is 37.9 Å². The van der Waals surface area contributed by atoms with E-state index in [1.807, 2.05) is 60.4 Å². The molecule has 5 rings (SSSR count). The van der Waals surface area contributed by atoms with Crippen molar-refractivity contribution >= 4 is 23.2 Å². The lowest BCUT2D eigenvalue weighted by Crippen LogP contribution is -2.49. The summed E-state index contributed by atoms with van der Waals surface area (Å²) in [6.07, 6.45) is 1.53. The summed E-state index contributed by atoms with van der Waals surface area (Å²) >= 11 is 0. The molecule has 1 fully saturated rings. The van der Waals surface area contributed by atoms with E-state index in [9.17, 15) is 4.79 Å². The lowest BCUT2D eigenvalue weighted by Gasteiger charge is -2.35. The molecule has 1 aliphatic rings. The maximum absolute atomic E-state index is 13.0. The number of para-hydroxylation sites is 1. The van der Waals surface area contributed by atoms with E-state index in [1.165, 1.54) is 16.6 Å². The fraction of sp³-hybridized carbons (Fsp3) is 0.240. The summed E-state index contributed by atoms with van der Waals surface area (Å²) in [5.74, 6) is 2.19. The predicted molar refractivity (Wildman–Crippen MR) is 131 cm³/mol. The standard InChI is InChI=1S/C25H26N8O/c1-18-8-10-20(11-9-18)29-23-16-24(28-19(2)27-23)31-12-14-32(15-13-31)25(34)22-17-26-33(30-22)21-6-4-3-5-7-21/h3-11,16-17H,12-15H2,1-2H3,(H,27,28,29). The fourth-order valence-corrected chi connectivity index (χ4v) is 3.91. The van der Waals surface area contributed by atoms with E-state index >= 15 is 0 Å². The number of aromatic nitrogens is 5. The molecule has 1 N–H and O–H groups in total. The topological polar surface area (TPSA) is 92.1 Å². The molecule has 0 unspecified atom stereocenters. The summed E-state index contributed by atoms with van der Waals surface area (Å²) in [5.41, 5.74) is 3.36. The summed E-state index contributed by atoms with van der Waals surface area (Å²) in [7, 11) is 0. The Morgan fingerprint density at radius 2 is 1.65 bits per heavy atom. The largest absolute Gasteiger partial charge is 0.353 e. The highest BCUT2D eigenvalue weighted by Gasteiger charge is 2.25. The van der Waals surface area contributed by atoms with Crippen LogP contribution in [-0.4, -0.2) is 61.9 Å². The molecule has 2 aromatic carbocycles. The Bertz CT molecular complexity index is 1280. The smallest absolute Gasteiger partial charge is 0.276 e. The number of piperazine rings is 1. The zero-order chi connectivity index (χ0) is 23.5. The van der Waals surface area contributed by atoms with Gasteiger partial charge in [-0.2, -0.15) is 9.90 Å². The minimum atomic E-state index is -0.109. The van der Waals surface area contributed by atoms with Gasteiger partial charge in [0.2, 0.25) is 0 Å². The van der Waals surface area contributed by atoms with Crippen molar-refractivity contribution in [3.63, 3.8) is 0 Å². The molecule has 1 saturated heterocycles. The zero-order valence-electron chi connectivity index (χ0n) is 19.2. The molecule has 2 aromatic heterocycles. The van der Waals surface area contributed by atoms with Crippen LogP contribution >= 0.6 is 0 Å². The average molecular weight is 455 g/mol. The molecule has 9 nitrogen and oxygen atoms in total. The van der Waals surface area contributed by atoms with Crippen LogP contribution in [0.4, 0.5) is 17.3 Å². The molecule has 0 saturated carbocycles. The number of aryl methyl sites for hydroxylation is 2. The van der Waals surface area contributed by atoms with Gasteiger partial charge in [-0.25, -0.2) is 9.97 Å². The van der Waals surface area contributed by atoms with Crippen LogP contribution in [0.25, 0.3) is 5.69 Å². The van der Waals surface area contributed by atoms with E-state index in [1.54, 1.807) is 0 Å². The lowest BCUT2D eigenvalue weighted by atomic mass is 10.2. The number of amides is 1. The van der Waals surface area contributed by atoms with Crippen LogP contribution in [0.15, 0.2) is 66.9 Å². The van der Waals surface area contributed by atoms with Crippen LogP contribution in [0.2, 0.25) is 0 Å². The maximum atomic E-state index is 13.0. The average Bonchev–Trinajstić information content (AvgIpc) is 3.36. The van der Waals surface area contributed by atoms with Crippen molar-refractivity contribution in [1.29, 1.82) is 0 Å². The van der Waals surface area contributed by atoms with Gasteiger partial charge in [-0.1, -0.05) is 35.9 Å². The Kier molecular flexibility index (Phi) is 5.90. The van der Waals surface area contributed by atoms with E-state index in [4.69, 9.17) is 0 Å². The van der Waals surface area contributed by atoms with Gasteiger partial charge in [0.25, 0.3) is 5.91 Å². The number of carbonyl (C=O) groups is 1. The van der Waals surface area contributed by atoms with Gasteiger partial charge < -0.3 is 15.1 Å². The van der Waals surface area contributed by atoms with Crippen molar-refractivity contribution in [2.45, 2.75) is 13.8 Å². The SMILES string of the molecule is Cc1ccc(Nc2cc(N3CCN(C(=O)c4cnn(-c5ccccc5)n4)CC3)nc(C)n2)cc1. The quantitative estimate of drug-likeness (QED) is 0.494. The molecule has 172 valence electrons. The number of rotatable bonds is 5. The second-order valence-corrected chi connectivity index (χ2v) is 8.28. The summed E-state index contributed by atoms with van der Waals surface area (Å²) in [6, 6.07) is 19.7. The molecule has 1 amide bonds. The van der Waals surface area contributed by atoms with Crippen molar-refractivity contribution in [1.82, 2.24) is 29.9 Å². The highest BCUT2D eigenvalue weighted by atomic mass is 16.2. The molecule has 3 heterocycles. The molecular weight excluding hydrogens is 428 g/mol. The Labute approximate surface area is 198 Å². The first-order valence-corrected chi connectivity index (χ1v) is 11.3. The van der Waals surface area contributed by atoms with Crippen LogP contribution < -0.4 is 10.2 Å². The molecular formula is C25H26N8O. The number of nitrogens with one attached hydrogen (secondary N) is 1. The fourth-order valence-electron chi connectivity index (χ4n) is 3.91. The number of hydrogen-bond acceptors (Lipinski definition) is 7. The van der Waals surface area contributed by atoms with E-state index in [-0.39, 0.29) is 5.91 Å². The molecule has 4 aromatic rings. The number of benzene rings is 2. The molecule has 0 spiro atoms. The van der Waals surface area contributed by atoms with Gasteiger partial charge in [0.05, 0.1) is 11.9 Å². The Morgan fingerprint density at radius 3 is 2.38 bits per heavy atom. The molecule has 0 aliphatic carbocycles. The predicted octanol–water partition coefficient (Wildman–Crippen LogP) is 3.38. The minimum absolute atomic E-state index is 0.109. The molecule has 9 heteroatoms. The lowest BCUT2D eigenvalue weighted by molar-refractivity contribution is 0.0740. The van der Waals surface area contributed by atoms with Crippen LogP contribution in [0.5, 0.6) is 0 Å². The Morgan fingerprint density at radius 1 is 0.912 bits per heavy atom. The molecule has 0 bridgehead atoms. The van der Waals surface area contributed by atoms with E-state index in [2.05, 4.69) is 49.4 Å². The molecule has 1 aliphatic heterocycles. The molecule has 0 atom stereocenters. The third-order valence-corrected chi connectivity index (χ3v) is 5.74. The molecule has 0 radical (unpaired) electrons. The van der Waals surface area contributed by atoms with Crippen molar-refractivity contribution in [2.24, 2.45) is 0 Å². The van der Waals surface area contributed by atoms with Crippen LogP contribution in [0, 0.1) is 13.8 Å².